The summed E-state index contributed by atoms with van der Waals surface area (Å²) in [6, 6.07) is 9.79. The van der Waals surface area contributed by atoms with Gasteiger partial charge in [0, 0.05) is 12.1 Å². The van der Waals surface area contributed by atoms with Gasteiger partial charge in [0.1, 0.15) is 11.9 Å². The second-order valence-corrected chi connectivity index (χ2v) is 7.61. The summed E-state index contributed by atoms with van der Waals surface area (Å²) < 4.78 is 6.08. The number of hydrogen-bond donors (Lipinski definition) is 1. The fraction of sp³-hybridized carbons (Fsp3) is 0.667. The molecule has 0 radical (unpaired) electrons. The average Bonchev–Trinajstić information content (AvgIpc) is 2.23. The van der Waals surface area contributed by atoms with Crippen molar-refractivity contribution in [1.82, 2.24) is 5.32 Å². The zero-order valence-electron chi connectivity index (χ0n) is 13.6. The normalized spacial score (nSPS) is 22.7. The first-order chi connectivity index (χ1) is 9.32. The first kappa shape index (κ1) is 15.4. The Labute approximate surface area is 123 Å². The summed E-state index contributed by atoms with van der Waals surface area (Å²) in [5, 5.41) is 3.56. The van der Waals surface area contributed by atoms with Gasteiger partial charge in [-0.15, -0.1) is 0 Å². The van der Waals surface area contributed by atoms with Crippen LogP contribution in [0.4, 0.5) is 0 Å². The van der Waals surface area contributed by atoms with Crippen molar-refractivity contribution in [3.63, 3.8) is 0 Å². The first-order valence-electron chi connectivity index (χ1n) is 7.83. The lowest BCUT2D eigenvalue weighted by Gasteiger charge is -2.37. The van der Waals surface area contributed by atoms with Crippen LogP contribution in [0.25, 0.3) is 0 Å². The molecule has 112 valence electrons. The van der Waals surface area contributed by atoms with E-state index in [-0.39, 0.29) is 0 Å². The van der Waals surface area contributed by atoms with Crippen LogP contribution in [0.1, 0.15) is 53.0 Å². The minimum Gasteiger partial charge on any atom is -0.490 e. The molecule has 20 heavy (non-hydrogen) atoms. The molecule has 1 aromatic rings. The SMILES string of the molecule is CC(C)NC1CC(Oc2cccc(CC(C)(C)C)c2)C1. The molecule has 0 saturated heterocycles. The van der Waals surface area contributed by atoms with Gasteiger partial charge in [-0.3, -0.25) is 0 Å². The van der Waals surface area contributed by atoms with Gasteiger partial charge >= 0.3 is 0 Å². The van der Waals surface area contributed by atoms with Crippen LogP contribution in [0.2, 0.25) is 0 Å². The van der Waals surface area contributed by atoms with Crippen LogP contribution in [0.15, 0.2) is 24.3 Å². The molecular weight excluding hydrogens is 246 g/mol. The monoisotopic (exact) mass is 275 g/mol. The molecule has 0 heterocycles. The van der Waals surface area contributed by atoms with Gasteiger partial charge in [-0.25, -0.2) is 0 Å². The Bertz CT molecular complexity index is 427. The Hall–Kier alpha value is -1.02. The van der Waals surface area contributed by atoms with Crippen LogP contribution in [0, 0.1) is 5.41 Å². The molecule has 2 rings (SSSR count). The number of hydrogen-bond acceptors (Lipinski definition) is 2. The second-order valence-electron chi connectivity index (χ2n) is 7.61. The predicted molar refractivity (Wildman–Crippen MR) is 85.3 cm³/mol. The van der Waals surface area contributed by atoms with Gasteiger partial charge in [-0.05, 0) is 42.4 Å². The molecule has 1 aliphatic rings. The highest BCUT2D eigenvalue weighted by Crippen LogP contribution is 2.28. The van der Waals surface area contributed by atoms with Crippen LogP contribution >= 0.6 is 0 Å². The number of rotatable bonds is 5. The maximum Gasteiger partial charge on any atom is 0.119 e. The fourth-order valence-electron chi connectivity index (χ4n) is 2.80. The van der Waals surface area contributed by atoms with E-state index in [0.717, 1.165) is 25.0 Å². The summed E-state index contributed by atoms with van der Waals surface area (Å²) in [5.74, 6) is 1.03. The molecule has 0 unspecified atom stereocenters. The van der Waals surface area contributed by atoms with Crippen LogP contribution in [0.3, 0.4) is 0 Å². The predicted octanol–water partition coefficient (Wildman–Crippen LogP) is 4.18. The van der Waals surface area contributed by atoms with Gasteiger partial charge in [0.05, 0.1) is 0 Å². The van der Waals surface area contributed by atoms with Crippen molar-refractivity contribution in [2.75, 3.05) is 0 Å². The lowest BCUT2D eigenvalue weighted by atomic mass is 9.87. The maximum atomic E-state index is 6.08. The first-order valence-corrected chi connectivity index (χ1v) is 7.83. The van der Waals surface area contributed by atoms with Crippen molar-refractivity contribution in [3.05, 3.63) is 29.8 Å². The smallest absolute Gasteiger partial charge is 0.119 e. The van der Waals surface area contributed by atoms with Crippen molar-refractivity contribution in [3.8, 4) is 5.75 Å². The topological polar surface area (TPSA) is 21.3 Å². The largest absolute Gasteiger partial charge is 0.490 e. The van der Waals surface area contributed by atoms with Crippen molar-refractivity contribution in [2.24, 2.45) is 5.41 Å². The van der Waals surface area contributed by atoms with Gasteiger partial charge < -0.3 is 10.1 Å². The highest BCUT2D eigenvalue weighted by molar-refractivity contribution is 5.29. The quantitative estimate of drug-likeness (QED) is 0.870. The van der Waals surface area contributed by atoms with E-state index in [1.54, 1.807) is 0 Å². The summed E-state index contributed by atoms with van der Waals surface area (Å²) in [6.45, 7) is 11.2. The second kappa shape index (κ2) is 6.17. The molecule has 2 nitrogen and oxygen atoms in total. The zero-order valence-corrected chi connectivity index (χ0v) is 13.6. The molecule has 0 atom stereocenters. The minimum atomic E-state index is 0.321. The fourth-order valence-corrected chi connectivity index (χ4v) is 2.80. The summed E-state index contributed by atoms with van der Waals surface area (Å²) in [4.78, 5) is 0. The Balaban J connectivity index is 1.84. The number of ether oxygens (including phenoxy) is 1. The standard InChI is InChI=1S/C18H29NO/c1-13(2)19-15-10-17(11-15)20-16-8-6-7-14(9-16)12-18(3,4)5/h6-9,13,15,17,19H,10-12H2,1-5H3. The highest BCUT2D eigenvalue weighted by Gasteiger charge is 2.30. The van der Waals surface area contributed by atoms with Gasteiger partial charge in [0.15, 0.2) is 0 Å². The third-order valence-corrected chi connectivity index (χ3v) is 3.60. The summed E-state index contributed by atoms with van der Waals surface area (Å²) in [6.07, 6.45) is 3.73. The van der Waals surface area contributed by atoms with Crippen LogP contribution < -0.4 is 10.1 Å². The molecule has 0 amide bonds. The average molecular weight is 275 g/mol. The minimum absolute atomic E-state index is 0.321. The molecule has 0 aromatic heterocycles. The summed E-state index contributed by atoms with van der Waals surface area (Å²) in [5.41, 5.74) is 1.69. The van der Waals surface area contributed by atoms with Gasteiger partial charge in [-0.1, -0.05) is 46.8 Å². The van der Waals surface area contributed by atoms with Crippen LogP contribution in [-0.4, -0.2) is 18.2 Å². The molecule has 2 heteroatoms. The molecule has 0 aliphatic heterocycles. The third kappa shape index (κ3) is 4.82. The molecule has 1 fully saturated rings. The van der Waals surface area contributed by atoms with E-state index in [0.29, 0.717) is 23.6 Å². The molecule has 1 saturated carbocycles. The van der Waals surface area contributed by atoms with Crippen molar-refractivity contribution in [2.45, 2.75) is 72.1 Å². The summed E-state index contributed by atoms with van der Waals surface area (Å²) >= 11 is 0. The zero-order chi connectivity index (χ0) is 14.8. The molecule has 1 N–H and O–H groups in total. The van der Waals surface area contributed by atoms with E-state index in [4.69, 9.17) is 4.74 Å². The Morgan fingerprint density at radius 1 is 1.25 bits per heavy atom. The Morgan fingerprint density at radius 2 is 1.95 bits per heavy atom. The van der Waals surface area contributed by atoms with Crippen molar-refractivity contribution in [1.29, 1.82) is 0 Å². The van der Waals surface area contributed by atoms with E-state index >= 15 is 0 Å². The lowest BCUT2D eigenvalue weighted by Crippen LogP contribution is -2.49. The maximum absolute atomic E-state index is 6.08. The molecular formula is C18H29NO. The third-order valence-electron chi connectivity index (χ3n) is 3.60. The number of nitrogens with one attached hydrogen (secondary N) is 1. The van der Waals surface area contributed by atoms with E-state index < -0.39 is 0 Å². The van der Waals surface area contributed by atoms with E-state index in [9.17, 15) is 0 Å². The Kier molecular flexibility index (Phi) is 4.74. The van der Waals surface area contributed by atoms with Crippen molar-refractivity contribution < 1.29 is 4.74 Å². The van der Waals surface area contributed by atoms with Crippen molar-refractivity contribution >= 4 is 0 Å². The van der Waals surface area contributed by atoms with Crippen LogP contribution in [-0.2, 0) is 6.42 Å². The highest BCUT2D eigenvalue weighted by atomic mass is 16.5. The Morgan fingerprint density at radius 3 is 2.55 bits per heavy atom. The molecule has 1 aliphatic carbocycles. The summed E-state index contributed by atoms with van der Waals surface area (Å²) in [7, 11) is 0. The number of benzene rings is 1. The van der Waals surface area contributed by atoms with E-state index in [2.05, 4.69) is 64.2 Å². The van der Waals surface area contributed by atoms with Gasteiger partial charge in [-0.2, -0.15) is 0 Å². The lowest BCUT2D eigenvalue weighted by molar-refractivity contribution is 0.0814. The van der Waals surface area contributed by atoms with Gasteiger partial charge in [0.2, 0.25) is 0 Å². The van der Waals surface area contributed by atoms with E-state index in [1.165, 1.54) is 5.56 Å². The van der Waals surface area contributed by atoms with Gasteiger partial charge in [0.25, 0.3) is 0 Å². The molecule has 0 spiro atoms. The van der Waals surface area contributed by atoms with Crippen LogP contribution in [0.5, 0.6) is 5.75 Å². The van der Waals surface area contributed by atoms with E-state index in [1.807, 2.05) is 0 Å². The molecule has 0 bridgehead atoms. The molecule has 1 aromatic carbocycles.